The highest BCUT2D eigenvalue weighted by Gasteiger charge is 2.26. The summed E-state index contributed by atoms with van der Waals surface area (Å²) in [6, 6.07) is 0.608. The number of hydrogen-bond acceptors (Lipinski definition) is 1. The largest absolute Gasteiger partial charge is 0.382 e. The molecule has 2 rings (SSSR count). The molecule has 134 valence electrons. The zero-order chi connectivity index (χ0) is 17.4. The molecule has 0 bridgehead atoms. The number of nitrogens with one attached hydrogen (secondary N) is 1. The first-order valence-corrected chi connectivity index (χ1v) is 10.2. The molecule has 0 unspecified atom stereocenters. The van der Waals surface area contributed by atoms with Gasteiger partial charge in [-0.05, 0) is 67.9 Å². The molecule has 1 saturated carbocycles. The Labute approximate surface area is 150 Å². The summed E-state index contributed by atoms with van der Waals surface area (Å²) in [5.74, 6) is 1.88. The van der Waals surface area contributed by atoms with Crippen molar-refractivity contribution in [2.45, 2.75) is 84.6 Å². The van der Waals surface area contributed by atoms with Crippen molar-refractivity contribution in [3.05, 3.63) is 47.7 Å². The van der Waals surface area contributed by atoms with Crippen LogP contribution in [0.5, 0.6) is 0 Å². The van der Waals surface area contributed by atoms with E-state index in [4.69, 9.17) is 0 Å². The predicted octanol–water partition coefficient (Wildman–Crippen LogP) is 6.70. The molecule has 2 aliphatic rings. The maximum absolute atomic E-state index is 4.38. The van der Waals surface area contributed by atoms with Crippen LogP contribution in [0.3, 0.4) is 0 Å². The van der Waals surface area contributed by atoms with Crippen LogP contribution in [0.4, 0.5) is 0 Å². The SMILES string of the molecule is C=C(NC1CCC(C(CC)CC)CC1)C1=C(CC)\C=C/CC/C=C\1. The van der Waals surface area contributed by atoms with E-state index in [2.05, 4.69) is 57.0 Å². The standard InChI is InChI=1S/C23H37N/c1-5-19(6-2)21-14-16-22(17-15-21)24-18(4)23-13-11-9-8-10-12-20(23)7-3/h10-13,19,21-22,24H,4-9,14-17H2,1-3H3/b12-10-,13-11-,23-20-. The summed E-state index contributed by atoms with van der Waals surface area (Å²) >= 11 is 0. The van der Waals surface area contributed by atoms with Crippen molar-refractivity contribution in [2.75, 3.05) is 0 Å². The highest BCUT2D eigenvalue weighted by atomic mass is 14.9. The summed E-state index contributed by atoms with van der Waals surface area (Å²) in [6.45, 7) is 11.3. The monoisotopic (exact) mass is 327 g/mol. The van der Waals surface area contributed by atoms with E-state index in [0.29, 0.717) is 6.04 Å². The first-order chi connectivity index (χ1) is 11.7. The lowest BCUT2D eigenvalue weighted by Crippen LogP contribution is -2.34. The fraction of sp³-hybridized carbons (Fsp3) is 0.652. The van der Waals surface area contributed by atoms with Gasteiger partial charge in [0.2, 0.25) is 0 Å². The van der Waals surface area contributed by atoms with Crippen LogP contribution in [0.15, 0.2) is 47.7 Å². The molecule has 0 saturated heterocycles. The third kappa shape index (κ3) is 5.13. The lowest BCUT2D eigenvalue weighted by atomic mass is 9.76. The Kier molecular flexibility index (Phi) is 7.88. The molecule has 2 aliphatic carbocycles. The molecule has 0 radical (unpaired) electrons. The molecule has 0 aliphatic heterocycles. The van der Waals surface area contributed by atoms with E-state index >= 15 is 0 Å². The van der Waals surface area contributed by atoms with Gasteiger partial charge in [0.05, 0.1) is 0 Å². The van der Waals surface area contributed by atoms with Crippen LogP contribution in [0.2, 0.25) is 0 Å². The molecule has 0 spiro atoms. The molecule has 1 nitrogen and oxygen atoms in total. The Balaban J connectivity index is 1.95. The van der Waals surface area contributed by atoms with Crippen molar-refractivity contribution in [1.29, 1.82) is 0 Å². The average Bonchev–Trinajstić information content (AvgIpc) is 2.57. The van der Waals surface area contributed by atoms with E-state index in [0.717, 1.165) is 36.8 Å². The van der Waals surface area contributed by atoms with Crippen LogP contribution in [-0.2, 0) is 0 Å². The zero-order valence-electron chi connectivity index (χ0n) is 16.1. The number of rotatable bonds is 7. The Morgan fingerprint density at radius 2 is 1.67 bits per heavy atom. The molecular formula is C23H37N. The summed E-state index contributed by atoms with van der Waals surface area (Å²) in [5.41, 5.74) is 3.85. The summed E-state index contributed by atoms with van der Waals surface area (Å²) in [7, 11) is 0. The highest BCUT2D eigenvalue weighted by molar-refractivity contribution is 5.46. The second kappa shape index (κ2) is 9.91. The van der Waals surface area contributed by atoms with Crippen molar-refractivity contribution in [1.82, 2.24) is 5.32 Å². The molecule has 1 N–H and O–H groups in total. The lowest BCUT2D eigenvalue weighted by Gasteiger charge is -2.34. The Hall–Kier alpha value is -1.24. The quantitative estimate of drug-likeness (QED) is 0.548. The van der Waals surface area contributed by atoms with Gasteiger partial charge in [-0.25, -0.2) is 0 Å². The van der Waals surface area contributed by atoms with Crippen LogP contribution < -0.4 is 5.32 Å². The van der Waals surface area contributed by atoms with Gasteiger partial charge >= 0.3 is 0 Å². The summed E-state index contributed by atoms with van der Waals surface area (Å²) < 4.78 is 0. The van der Waals surface area contributed by atoms with Crippen molar-refractivity contribution >= 4 is 0 Å². The number of allylic oxidation sites excluding steroid dienone is 5. The summed E-state index contributed by atoms with van der Waals surface area (Å²) in [4.78, 5) is 0. The van der Waals surface area contributed by atoms with Crippen LogP contribution in [0, 0.1) is 11.8 Å². The van der Waals surface area contributed by atoms with Crippen LogP contribution in [-0.4, -0.2) is 6.04 Å². The van der Waals surface area contributed by atoms with Crippen LogP contribution in [0.25, 0.3) is 0 Å². The van der Waals surface area contributed by atoms with Crippen LogP contribution >= 0.6 is 0 Å². The second-order valence-corrected chi connectivity index (χ2v) is 7.49. The third-order valence-corrected chi connectivity index (χ3v) is 6.02. The molecule has 0 aromatic rings. The van der Waals surface area contributed by atoms with Gasteiger partial charge in [-0.15, -0.1) is 0 Å². The Morgan fingerprint density at radius 3 is 2.25 bits per heavy atom. The Bertz CT molecular complexity index is 482. The average molecular weight is 328 g/mol. The molecule has 0 amide bonds. The molecule has 0 atom stereocenters. The van der Waals surface area contributed by atoms with Crippen molar-refractivity contribution in [3.8, 4) is 0 Å². The van der Waals surface area contributed by atoms with E-state index in [1.807, 2.05) is 0 Å². The van der Waals surface area contributed by atoms with E-state index < -0.39 is 0 Å². The fourth-order valence-corrected chi connectivity index (χ4v) is 4.43. The van der Waals surface area contributed by atoms with Crippen molar-refractivity contribution < 1.29 is 0 Å². The van der Waals surface area contributed by atoms with E-state index in [9.17, 15) is 0 Å². The molecule has 0 aromatic carbocycles. The summed E-state index contributed by atoms with van der Waals surface area (Å²) in [6.07, 6.45) is 20.6. The van der Waals surface area contributed by atoms with E-state index in [1.54, 1.807) is 0 Å². The maximum atomic E-state index is 4.38. The van der Waals surface area contributed by atoms with E-state index in [1.165, 1.54) is 49.7 Å². The molecule has 1 fully saturated rings. The predicted molar refractivity (Wildman–Crippen MR) is 107 cm³/mol. The summed E-state index contributed by atoms with van der Waals surface area (Å²) in [5, 5.41) is 3.76. The van der Waals surface area contributed by atoms with Gasteiger partial charge in [0, 0.05) is 11.7 Å². The smallest absolute Gasteiger partial charge is 0.0345 e. The van der Waals surface area contributed by atoms with Gasteiger partial charge < -0.3 is 5.32 Å². The first-order valence-electron chi connectivity index (χ1n) is 10.2. The van der Waals surface area contributed by atoms with Crippen LogP contribution in [0.1, 0.15) is 78.6 Å². The minimum atomic E-state index is 0.608. The molecular weight excluding hydrogens is 290 g/mol. The minimum Gasteiger partial charge on any atom is -0.382 e. The van der Waals surface area contributed by atoms with Gasteiger partial charge in [0.15, 0.2) is 0 Å². The molecule has 0 heterocycles. The van der Waals surface area contributed by atoms with Gasteiger partial charge in [-0.3, -0.25) is 0 Å². The lowest BCUT2D eigenvalue weighted by molar-refractivity contribution is 0.212. The van der Waals surface area contributed by atoms with E-state index in [-0.39, 0.29) is 0 Å². The maximum Gasteiger partial charge on any atom is 0.0345 e. The Morgan fingerprint density at radius 1 is 1.04 bits per heavy atom. The molecule has 0 aromatic heterocycles. The van der Waals surface area contributed by atoms with Gasteiger partial charge in [-0.2, -0.15) is 0 Å². The van der Waals surface area contributed by atoms with Gasteiger partial charge in [-0.1, -0.05) is 64.5 Å². The number of hydrogen-bond donors (Lipinski definition) is 1. The third-order valence-electron chi connectivity index (χ3n) is 6.02. The van der Waals surface area contributed by atoms with Crippen molar-refractivity contribution in [2.24, 2.45) is 11.8 Å². The molecule has 24 heavy (non-hydrogen) atoms. The van der Waals surface area contributed by atoms with Gasteiger partial charge in [0.25, 0.3) is 0 Å². The topological polar surface area (TPSA) is 12.0 Å². The zero-order valence-corrected chi connectivity index (χ0v) is 16.1. The van der Waals surface area contributed by atoms with Crippen molar-refractivity contribution in [3.63, 3.8) is 0 Å². The second-order valence-electron chi connectivity index (χ2n) is 7.49. The van der Waals surface area contributed by atoms with Gasteiger partial charge in [0.1, 0.15) is 0 Å². The minimum absolute atomic E-state index is 0.608. The highest BCUT2D eigenvalue weighted by Crippen LogP contribution is 2.34. The first kappa shape index (κ1) is 19.1. The fourth-order valence-electron chi connectivity index (χ4n) is 4.43. The molecule has 1 heteroatoms. The normalized spacial score (nSPS) is 30.5.